The normalized spacial score (nSPS) is 17.1. The number of ketones is 1. The molecule has 228 valence electrons. The summed E-state index contributed by atoms with van der Waals surface area (Å²) in [5.41, 5.74) is 3.58. The first-order chi connectivity index (χ1) is 20.8. The molecule has 1 aromatic carbocycles. The van der Waals surface area contributed by atoms with E-state index in [2.05, 4.69) is 25.6 Å². The van der Waals surface area contributed by atoms with Gasteiger partial charge in [-0.1, -0.05) is 6.07 Å². The number of alkyl halides is 4. The van der Waals surface area contributed by atoms with E-state index in [1.165, 1.54) is 17.7 Å². The Morgan fingerprint density at radius 3 is 2.61 bits per heavy atom. The summed E-state index contributed by atoms with van der Waals surface area (Å²) >= 11 is 0. The zero-order chi connectivity index (χ0) is 31.3. The summed E-state index contributed by atoms with van der Waals surface area (Å²) in [5.74, 6) is -1.90. The number of nitrogens with one attached hydrogen (secondary N) is 1. The number of aromatic nitrogens is 7. The van der Waals surface area contributed by atoms with Crippen LogP contribution in [-0.4, -0.2) is 81.6 Å². The van der Waals surface area contributed by atoms with Gasteiger partial charge in [-0.25, -0.2) is 13.9 Å². The Morgan fingerprint density at radius 2 is 1.86 bits per heavy atom. The van der Waals surface area contributed by atoms with Gasteiger partial charge in [-0.15, -0.1) is 0 Å². The lowest BCUT2D eigenvalue weighted by atomic mass is 10.0. The maximum absolute atomic E-state index is 14.5. The Kier molecular flexibility index (Phi) is 7.13. The first kappa shape index (κ1) is 28.9. The Labute approximate surface area is 246 Å². The molecule has 0 bridgehead atoms. The van der Waals surface area contributed by atoms with Gasteiger partial charge in [0.15, 0.2) is 17.2 Å². The highest BCUT2D eigenvalue weighted by Gasteiger charge is 2.40. The van der Waals surface area contributed by atoms with Gasteiger partial charge >= 0.3 is 6.18 Å². The number of nitrogens with zero attached hydrogens (tertiary/aromatic N) is 8. The van der Waals surface area contributed by atoms with Gasteiger partial charge in [0.05, 0.1) is 17.8 Å². The number of aryl methyl sites for hydroxylation is 1. The molecule has 1 saturated heterocycles. The lowest BCUT2D eigenvalue weighted by molar-refractivity contribution is -0.142. The SMILES string of the molecule is CC(=O)c1nn(CC(=O)N2C[C@H](F)C[C@H]2C(=O)Nc2ccn(CC(F)(F)F)n2)c2ccc(-c3cnc4cc(C)nn4c3)cc12. The van der Waals surface area contributed by atoms with Gasteiger partial charge in [0, 0.05) is 55.0 Å². The minimum atomic E-state index is -4.51. The van der Waals surface area contributed by atoms with Crippen LogP contribution in [0.3, 0.4) is 0 Å². The number of benzene rings is 1. The number of Topliss-reactive ketones (excluding diaryl/α,β-unsaturated/α-hetero) is 1. The lowest BCUT2D eigenvalue weighted by Gasteiger charge is -2.23. The van der Waals surface area contributed by atoms with Gasteiger partial charge in [0.2, 0.25) is 11.8 Å². The molecule has 1 N–H and O–H groups in total. The highest BCUT2D eigenvalue weighted by atomic mass is 19.4. The van der Waals surface area contributed by atoms with Crippen molar-refractivity contribution in [2.24, 2.45) is 0 Å². The molecule has 2 atom stereocenters. The maximum atomic E-state index is 14.5. The molecular weight excluding hydrogens is 586 g/mol. The third kappa shape index (κ3) is 5.74. The number of rotatable bonds is 7. The molecule has 1 fully saturated rings. The average molecular weight is 612 g/mol. The molecule has 0 spiro atoms. The van der Waals surface area contributed by atoms with E-state index in [1.54, 1.807) is 28.9 Å². The monoisotopic (exact) mass is 611 g/mol. The van der Waals surface area contributed by atoms with E-state index in [1.807, 2.05) is 19.2 Å². The highest BCUT2D eigenvalue weighted by Crippen LogP contribution is 2.28. The number of hydrogen-bond donors (Lipinski definition) is 1. The zero-order valence-corrected chi connectivity index (χ0v) is 23.4. The van der Waals surface area contributed by atoms with Crippen molar-refractivity contribution in [2.75, 3.05) is 11.9 Å². The van der Waals surface area contributed by atoms with Crippen LogP contribution in [0.5, 0.6) is 0 Å². The highest BCUT2D eigenvalue weighted by molar-refractivity contribution is 6.06. The Hall–Kier alpha value is -5.15. The summed E-state index contributed by atoms with van der Waals surface area (Å²) in [5, 5.41) is 15.3. The molecule has 5 heterocycles. The van der Waals surface area contributed by atoms with Crippen LogP contribution in [0.4, 0.5) is 23.4 Å². The average Bonchev–Trinajstić information content (AvgIpc) is 3.72. The summed E-state index contributed by atoms with van der Waals surface area (Å²) < 4.78 is 56.0. The summed E-state index contributed by atoms with van der Waals surface area (Å²) in [7, 11) is 0. The standard InChI is InChI=1S/C28H25F4N9O3/c1-15-7-24-33-10-18(11-41(24)35-15)17-3-4-21-20(8-17)26(16(2)42)37-40(21)13-25(43)39-12-19(29)9-22(39)27(44)34-23-5-6-38(36-23)14-28(30,31)32/h3-8,10-11,19,22H,9,12-14H2,1-2H3,(H,34,36,44)/t19-,22+/m1/s1. The molecule has 12 nitrogen and oxygen atoms in total. The lowest BCUT2D eigenvalue weighted by Crippen LogP contribution is -2.44. The topological polar surface area (TPSA) is 132 Å². The van der Waals surface area contributed by atoms with Crippen LogP contribution >= 0.6 is 0 Å². The molecule has 4 aromatic heterocycles. The number of fused-ring (bicyclic) bond motifs is 2. The van der Waals surface area contributed by atoms with E-state index in [0.717, 1.165) is 27.9 Å². The van der Waals surface area contributed by atoms with Crippen LogP contribution in [0, 0.1) is 6.92 Å². The van der Waals surface area contributed by atoms with Crippen molar-refractivity contribution < 1.29 is 31.9 Å². The Balaban J connectivity index is 1.23. The van der Waals surface area contributed by atoms with Crippen molar-refractivity contribution in [3.63, 3.8) is 0 Å². The molecule has 0 aliphatic carbocycles. The first-order valence-electron chi connectivity index (χ1n) is 13.5. The van der Waals surface area contributed by atoms with Gasteiger partial charge in [-0.2, -0.15) is 28.5 Å². The number of amides is 2. The number of carbonyl (C=O) groups is 3. The van der Waals surface area contributed by atoms with E-state index in [0.29, 0.717) is 21.2 Å². The van der Waals surface area contributed by atoms with E-state index in [4.69, 9.17) is 0 Å². The van der Waals surface area contributed by atoms with Gasteiger partial charge in [0.1, 0.15) is 31.0 Å². The van der Waals surface area contributed by atoms with E-state index in [-0.39, 0.29) is 36.8 Å². The van der Waals surface area contributed by atoms with E-state index < -0.39 is 36.7 Å². The Morgan fingerprint density at radius 1 is 1.07 bits per heavy atom. The quantitative estimate of drug-likeness (QED) is 0.220. The van der Waals surface area contributed by atoms with Gasteiger partial charge < -0.3 is 10.2 Å². The van der Waals surface area contributed by atoms with Crippen LogP contribution < -0.4 is 5.32 Å². The van der Waals surface area contributed by atoms with Crippen molar-refractivity contribution in [1.82, 2.24) is 39.1 Å². The van der Waals surface area contributed by atoms with Gasteiger partial charge in [-0.05, 0) is 24.6 Å². The predicted molar refractivity (Wildman–Crippen MR) is 148 cm³/mol. The smallest absolute Gasteiger partial charge is 0.326 e. The third-order valence-corrected chi connectivity index (χ3v) is 7.24. The van der Waals surface area contributed by atoms with Gasteiger partial charge in [0.25, 0.3) is 0 Å². The van der Waals surface area contributed by atoms with Crippen molar-refractivity contribution in [3.05, 3.63) is 60.3 Å². The minimum Gasteiger partial charge on any atom is -0.326 e. The van der Waals surface area contributed by atoms with Crippen LogP contribution in [0.1, 0.15) is 29.5 Å². The predicted octanol–water partition coefficient (Wildman–Crippen LogP) is 3.59. The summed E-state index contributed by atoms with van der Waals surface area (Å²) in [4.78, 5) is 44.4. The summed E-state index contributed by atoms with van der Waals surface area (Å²) in [6.07, 6.45) is -1.75. The van der Waals surface area contributed by atoms with Crippen LogP contribution in [0.2, 0.25) is 0 Å². The fraction of sp³-hybridized carbons (Fsp3) is 0.321. The van der Waals surface area contributed by atoms with Crippen molar-refractivity contribution >= 4 is 40.0 Å². The molecule has 1 aliphatic heterocycles. The second kappa shape index (κ2) is 10.8. The molecule has 5 aromatic rings. The fourth-order valence-corrected chi connectivity index (χ4v) is 5.32. The molecule has 44 heavy (non-hydrogen) atoms. The number of halogens is 4. The van der Waals surface area contributed by atoms with Crippen molar-refractivity contribution in [1.29, 1.82) is 0 Å². The number of carbonyl (C=O) groups excluding carboxylic acids is 3. The molecule has 16 heteroatoms. The summed E-state index contributed by atoms with van der Waals surface area (Å²) in [6.45, 7) is 1.12. The van der Waals surface area contributed by atoms with Gasteiger partial charge in [-0.3, -0.25) is 23.7 Å². The number of hydrogen-bond acceptors (Lipinski definition) is 7. The number of anilines is 1. The maximum Gasteiger partial charge on any atom is 0.408 e. The molecule has 1 aliphatic rings. The largest absolute Gasteiger partial charge is 0.408 e. The Bertz CT molecular complexity index is 1930. The minimum absolute atomic E-state index is 0.132. The number of likely N-dealkylation sites (tertiary alicyclic amines) is 1. The molecule has 0 unspecified atom stereocenters. The summed E-state index contributed by atoms with van der Waals surface area (Å²) in [6, 6.07) is 7.05. The second-order valence-corrected chi connectivity index (χ2v) is 10.6. The van der Waals surface area contributed by atoms with Crippen LogP contribution in [0.15, 0.2) is 48.9 Å². The third-order valence-electron chi connectivity index (χ3n) is 7.24. The fourth-order valence-electron chi connectivity index (χ4n) is 5.32. The second-order valence-electron chi connectivity index (χ2n) is 10.6. The molecule has 6 rings (SSSR count). The zero-order valence-electron chi connectivity index (χ0n) is 23.4. The van der Waals surface area contributed by atoms with E-state index >= 15 is 0 Å². The van der Waals surface area contributed by atoms with Crippen molar-refractivity contribution in [3.8, 4) is 11.1 Å². The van der Waals surface area contributed by atoms with E-state index in [9.17, 15) is 31.9 Å². The molecule has 0 radical (unpaired) electrons. The molecule has 0 saturated carbocycles. The van der Waals surface area contributed by atoms with Crippen molar-refractivity contribution in [2.45, 2.75) is 51.7 Å². The first-order valence-corrected chi connectivity index (χ1v) is 13.5. The van der Waals surface area contributed by atoms with Crippen LogP contribution in [-0.2, 0) is 22.7 Å². The molecule has 2 amide bonds. The van der Waals surface area contributed by atoms with Crippen LogP contribution in [0.25, 0.3) is 27.7 Å². The molecular formula is C28H25F4N9O3.